The fourth-order valence-electron chi connectivity index (χ4n) is 1.59. The number of benzene rings is 1. The molecule has 7 heteroatoms. The van der Waals surface area contributed by atoms with Crippen molar-refractivity contribution in [3.63, 3.8) is 0 Å². The second-order valence-corrected chi connectivity index (χ2v) is 3.99. The zero-order valence-corrected chi connectivity index (χ0v) is 10.4. The van der Waals surface area contributed by atoms with E-state index in [0.717, 1.165) is 5.69 Å². The SMILES string of the molecule is NC(=O)Nc1ccc(NCc2ccc(C(=O)O)o2)cc1. The summed E-state index contributed by atoms with van der Waals surface area (Å²) in [5, 5.41) is 14.2. The van der Waals surface area contributed by atoms with E-state index in [9.17, 15) is 9.59 Å². The number of carbonyl (C=O) groups is 2. The van der Waals surface area contributed by atoms with Crippen LogP contribution < -0.4 is 16.4 Å². The van der Waals surface area contributed by atoms with E-state index in [0.29, 0.717) is 18.0 Å². The highest BCUT2D eigenvalue weighted by molar-refractivity contribution is 5.88. The Labute approximate surface area is 114 Å². The quantitative estimate of drug-likeness (QED) is 0.666. The number of carboxylic acids is 1. The number of hydrogen-bond donors (Lipinski definition) is 4. The first-order valence-electron chi connectivity index (χ1n) is 5.77. The summed E-state index contributed by atoms with van der Waals surface area (Å²) in [6.45, 7) is 0.357. The molecular formula is C13H13N3O4. The van der Waals surface area contributed by atoms with Crippen LogP contribution in [0.3, 0.4) is 0 Å². The number of carboxylic acid groups (broad SMARTS) is 1. The predicted octanol–water partition coefficient (Wildman–Crippen LogP) is 2.08. The molecule has 0 bridgehead atoms. The third-order valence-electron chi connectivity index (χ3n) is 2.49. The number of primary amides is 1. The zero-order valence-electron chi connectivity index (χ0n) is 10.4. The second-order valence-electron chi connectivity index (χ2n) is 3.99. The van der Waals surface area contributed by atoms with Crippen LogP contribution in [0, 0.1) is 0 Å². The Morgan fingerprint density at radius 2 is 1.75 bits per heavy atom. The van der Waals surface area contributed by atoms with E-state index in [4.69, 9.17) is 15.3 Å². The largest absolute Gasteiger partial charge is 0.475 e. The van der Waals surface area contributed by atoms with Gasteiger partial charge in [0.1, 0.15) is 5.76 Å². The monoisotopic (exact) mass is 275 g/mol. The van der Waals surface area contributed by atoms with Gasteiger partial charge in [0, 0.05) is 11.4 Å². The molecule has 1 aromatic heterocycles. The van der Waals surface area contributed by atoms with Crippen LogP contribution in [0.15, 0.2) is 40.8 Å². The van der Waals surface area contributed by atoms with Crippen molar-refractivity contribution >= 4 is 23.4 Å². The van der Waals surface area contributed by atoms with Crippen LogP contribution in [-0.4, -0.2) is 17.1 Å². The van der Waals surface area contributed by atoms with Gasteiger partial charge in [-0.25, -0.2) is 9.59 Å². The Bertz CT molecular complexity index is 619. The summed E-state index contributed by atoms with van der Waals surface area (Å²) in [7, 11) is 0. The van der Waals surface area contributed by atoms with Crippen molar-refractivity contribution in [3.05, 3.63) is 47.9 Å². The van der Waals surface area contributed by atoms with Gasteiger partial charge in [0.2, 0.25) is 5.76 Å². The van der Waals surface area contributed by atoms with Crippen LogP contribution in [0.5, 0.6) is 0 Å². The summed E-state index contributed by atoms with van der Waals surface area (Å²) in [6, 6.07) is 9.27. The van der Waals surface area contributed by atoms with Crippen LogP contribution >= 0.6 is 0 Å². The topological polar surface area (TPSA) is 118 Å². The molecule has 0 aliphatic heterocycles. The van der Waals surface area contributed by atoms with Crippen LogP contribution in [0.2, 0.25) is 0 Å². The number of furan rings is 1. The van der Waals surface area contributed by atoms with E-state index < -0.39 is 12.0 Å². The Hall–Kier alpha value is -2.96. The maximum atomic E-state index is 10.7. The molecule has 1 aromatic carbocycles. The number of hydrogen-bond acceptors (Lipinski definition) is 4. The van der Waals surface area contributed by atoms with Gasteiger partial charge in [0.25, 0.3) is 0 Å². The van der Waals surface area contributed by atoms with Crippen molar-refractivity contribution in [1.29, 1.82) is 0 Å². The minimum atomic E-state index is -1.10. The number of anilines is 2. The molecule has 0 unspecified atom stereocenters. The van der Waals surface area contributed by atoms with Crippen LogP contribution in [-0.2, 0) is 6.54 Å². The first-order valence-corrected chi connectivity index (χ1v) is 5.77. The molecule has 2 rings (SSSR count). The molecule has 0 radical (unpaired) electrons. The number of urea groups is 1. The van der Waals surface area contributed by atoms with Crippen molar-refractivity contribution < 1.29 is 19.1 Å². The Morgan fingerprint density at radius 1 is 1.10 bits per heavy atom. The van der Waals surface area contributed by atoms with Gasteiger partial charge in [0.15, 0.2) is 0 Å². The van der Waals surface area contributed by atoms with E-state index in [1.165, 1.54) is 6.07 Å². The molecule has 20 heavy (non-hydrogen) atoms. The molecule has 104 valence electrons. The number of amides is 2. The van der Waals surface area contributed by atoms with Gasteiger partial charge in [-0.15, -0.1) is 0 Å². The van der Waals surface area contributed by atoms with Gasteiger partial charge < -0.3 is 25.9 Å². The summed E-state index contributed by atoms with van der Waals surface area (Å²) in [6.07, 6.45) is 0. The summed E-state index contributed by atoms with van der Waals surface area (Å²) < 4.78 is 5.11. The lowest BCUT2D eigenvalue weighted by atomic mass is 10.2. The molecule has 0 atom stereocenters. The minimum absolute atomic E-state index is 0.0946. The lowest BCUT2D eigenvalue weighted by Gasteiger charge is -2.06. The smallest absolute Gasteiger partial charge is 0.371 e. The van der Waals surface area contributed by atoms with Crippen molar-refractivity contribution in [2.24, 2.45) is 5.73 Å². The summed E-state index contributed by atoms with van der Waals surface area (Å²) >= 11 is 0. The first kappa shape index (κ1) is 13.5. The Balaban J connectivity index is 1.93. The molecule has 0 spiro atoms. The molecule has 0 saturated heterocycles. The lowest BCUT2D eigenvalue weighted by Crippen LogP contribution is -2.19. The average Bonchev–Trinajstić information content (AvgIpc) is 2.86. The molecule has 2 amide bonds. The summed E-state index contributed by atoms with van der Waals surface area (Å²) in [5.74, 6) is -0.678. The Morgan fingerprint density at radius 3 is 2.30 bits per heavy atom. The van der Waals surface area contributed by atoms with Gasteiger partial charge in [-0.1, -0.05) is 0 Å². The number of nitrogens with two attached hydrogens (primary N) is 1. The van der Waals surface area contributed by atoms with Gasteiger partial charge in [0.05, 0.1) is 6.54 Å². The molecule has 0 aliphatic rings. The molecular weight excluding hydrogens is 262 g/mol. The lowest BCUT2D eigenvalue weighted by molar-refractivity contribution is 0.0660. The van der Waals surface area contributed by atoms with Crippen molar-refractivity contribution in [1.82, 2.24) is 0 Å². The van der Waals surface area contributed by atoms with Crippen molar-refractivity contribution in [2.45, 2.75) is 6.54 Å². The highest BCUT2D eigenvalue weighted by atomic mass is 16.4. The molecule has 0 fully saturated rings. The van der Waals surface area contributed by atoms with Gasteiger partial charge in [-0.05, 0) is 36.4 Å². The summed E-state index contributed by atoms with van der Waals surface area (Å²) in [5.41, 5.74) is 6.39. The third kappa shape index (κ3) is 3.52. The van der Waals surface area contributed by atoms with Crippen molar-refractivity contribution in [3.8, 4) is 0 Å². The molecule has 0 aliphatic carbocycles. The zero-order chi connectivity index (χ0) is 14.5. The van der Waals surface area contributed by atoms with Crippen LogP contribution in [0.25, 0.3) is 0 Å². The minimum Gasteiger partial charge on any atom is -0.475 e. The Kier molecular flexibility index (Phi) is 3.90. The molecule has 5 N–H and O–H groups in total. The van der Waals surface area contributed by atoms with Crippen LogP contribution in [0.1, 0.15) is 16.3 Å². The normalized spacial score (nSPS) is 10.0. The average molecular weight is 275 g/mol. The fourth-order valence-corrected chi connectivity index (χ4v) is 1.59. The molecule has 2 aromatic rings. The molecule has 7 nitrogen and oxygen atoms in total. The highest BCUT2D eigenvalue weighted by Gasteiger charge is 2.08. The van der Waals surface area contributed by atoms with Crippen LogP contribution in [0.4, 0.5) is 16.2 Å². The molecule has 1 heterocycles. The standard InChI is InChI=1S/C13H13N3O4/c14-13(19)16-9-3-1-8(2-4-9)15-7-10-5-6-11(20-10)12(17)18/h1-6,15H,7H2,(H,17,18)(H3,14,16,19). The number of rotatable bonds is 5. The van der Waals surface area contributed by atoms with Gasteiger partial charge >= 0.3 is 12.0 Å². The maximum Gasteiger partial charge on any atom is 0.371 e. The number of carbonyl (C=O) groups excluding carboxylic acids is 1. The highest BCUT2D eigenvalue weighted by Crippen LogP contribution is 2.15. The van der Waals surface area contributed by atoms with Gasteiger partial charge in [-0.3, -0.25) is 0 Å². The first-order chi connectivity index (χ1) is 9.54. The molecule has 0 saturated carbocycles. The number of nitrogens with one attached hydrogen (secondary N) is 2. The third-order valence-corrected chi connectivity index (χ3v) is 2.49. The van der Waals surface area contributed by atoms with E-state index in [-0.39, 0.29) is 5.76 Å². The van der Waals surface area contributed by atoms with E-state index in [1.807, 2.05) is 0 Å². The second kappa shape index (κ2) is 5.79. The van der Waals surface area contributed by atoms with Crippen molar-refractivity contribution in [2.75, 3.05) is 10.6 Å². The maximum absolute atomic E-state index is 10.7. The van der Waals surface area contributed by atoms with Gasteiger partial charge in [-0.2, -0.15) is 0 Å². The van der Waals surface area contributed by atoms with E-state index in [1.54, 1.807) is 30.3 Å². The number of aromatic carboxylic acids is 1. The van der Waals surface area contributed by atoms with E-state index in [2.05, 4.69) is 10.6 Å². The van der Waals surface area contributed by atoms with E-state index >= 15 is 0 Å². The predicted molar refractivity (Wildman–Crippen MR) is 72.6 cm³/mol. The summed E-state index contributed by atoms with van der Waals surface area (Å²) in [4.78, 5) is 21.3. The fraction of sp³-hybridized carbons (Fsp3) is 0.0769.